The van der Waals surface area contributed by atoms with E-state index in [0.29, 0.717) is 28.0 Å². The molecule has 0 aliphatic rings. The number of benzene rings is 1. The number of carboxylic acid groups (broad SMARTS) is 1. The number of nitrogens with one attached hydrogen (secondary N) is 1. The second kappa shape index (κ2) is 8.43. The summed E-state index contributed by atoms with van der Waals surface area (Å²) < 4.78 is 1.80. The van der Waals surface area contributed by atoms with Crippen LogP contribution in [0.2, 0.25) is 0 Å². The summed E-state index contributed by atoms with van der Waals surface area (Å²) in [5.41, 5.74) is 3.59. The van der Waals surface area contributed by atoms with Gasteiger partial charge in [0.1, 0.15) is 0 Å². The van der Waals surface area contributed by atoms with Crippen molar-refractivity contribution in [2.45, 2.75) is 32.6 Å². The van der Waals surface area contributed by atoms with Crippen LogP contribution in [0.25, 0.3) is 11.0 Å². The molecule has 0 aliphatic carbocycles. The number of nitrogens with zero attached hydrogens (tertiary/aromatic N) is 3. The number of aliphatic carboxylic acids is 1. The van der Waals surface area contributed by atoms with Crippen molar-refractivity contribution in [1.82, 2.24) is 14.8 Å². The number of aryl methyl sites for hydroxylation is 1. The molecule has 2 heterocycles. The first-order chi connectivity index (χ1) is 13.3. The summed E-state index contributed by atoms with van der Waals surface area (Å²) in [6.07, 6.45) is 1.68. The van der Waals surface area contributed by atoms with Gasteiger partial charge in [0.2, 0.25) is 0 Å². The lowest BCUT2D eigenvalue weighted by atomic mass is 10.1. The van der Waals surface area contributed by atoms with Crippen LogP contribution in [0, 0.1) is 6.92 Å². The average Bonchev–Trinajstić information content (AvgIpc) is 3.05. The molecule has 0 fully saturated rings. The van der Waals surface area contributed by atoms with Gasteiger partial charge in [-0.25, -0.2) is 9.67 Å². The third kappa shape index (κ3) is 4.51. The third-order valence-electron chi connectivity index (χ3n) is 4.11. The van der Waals surface area contributed by atoms with Gasteiger partial charge in [-0.05, 0) is 44.5 Å². The van der Waals surface area contributed by atoms with Gasteiger partial charge in [0.05, 0.1) is 22.9 Å². The minimum Gasteiger partial charge on any atom is -0.481 e. The summed E-state index contributed by atoms with van der Waals surface area (Å²) in [5.74, 6) is -0.455. The SMILES string of the molecule is Cc1cc(C(=O)Nc2cccc(CSCC(=O)O)c2)c2cnn(C(C)C)c2n1. The van der Waals surface area contributed by atoms with E-state index in [2.05, 4.69) is 15.4 Å². The number of hydrogen-bond donors (Lipinski definition) is 2. The van der Waals surface area contributed by atoms with E-state index in [0.717, 1.165) is 11.3 Å². The van der Waals surface area contributed by atoms with Crippen molar-refractivity contribution in [2.24, 2.45) is 0 Å². The number of carboxylic acids is 1. The Labute approximate surface area is 167 Å². The quantitative estimate of drug-likeness (QED) is 0.627. The fourth-order valence-corrected chi connectivity index (χ4v) is 3.59. The van der Waals surface area contributed by atoms with Crippen molar-refractivity contribution in [3.63, 3.8) is 0 Å². The highest BCUT2D eigenvalue weighted by Gasteiger charge is 2.17. The standard InChI is InChI=1S/C20H22N4O3S/c1-12(2)24-19-17(9-21-24)16(7-13(3)22-19)20(27)23-15-6-4-5-14(8-15)10-28-11-18(25)26/h4-9,12H,10-11H2,1-3H3,(H,23,27)(H,25,26). The molecule has 146 valence electrons. The molecule has 0 atom stereocenters. The lowest BCUT2D eigenvalue weighted by molar-refractivity contribution is -0.133. The number of aromatic nitrogens is 3. The molecular weight excluding hydrogens is 376 g/mol. The molecule has 1 amide bonds. The van der Waals surface area contributed by atoms with Gasteiger partial charge in [0.15, 0.2) is 5.65 Å². The highest BCUT2D eigenvalue weighted by Crippen LogP contribution is 2.23. The molecule has 0 bridgehead atoms. The van der Waals surface area contributed by atoms with Crippen molar-refractivity contribution in [3.05, 3.63) is 53.3 Å². The van der Waals surface area contributed by atoms with E-state index < -0.39 is 5.97 Å². The molecule has 3 aromatic rings. The molecule has 1 aromatic carbocycles. The monoisotopic (exact) mass is 398 g/mol. The predicted octanol–water partition coefficient (Wildman–Crippen LogP) is 3.89. The first kappa shape index (κ1) is 19.9. The van der Waals surface area contributed by atoms with Crippen LogP contribution in [0.4, 0.5) is 5.69 Å². The minimum absolute atomic E-state index is 0.0463. The Hall–Kier alpha value is -2.87. The van der Waals surface area contributed by atoms with Crippen molar-refractivity contribution in [2.75, 3.05) is 11.1 Å². The number of anilines is 1. The largest absolute Gasteiger partial charge is 0.481 e. The molecule has 28 heavy (non-hydrogen) atoms. The highest BCUT2D eigenvalue weighted by atomic mass is 32.2. The maximum atomic E-state index is 12.9. The number of carbonyl (C=O) groups excluding carboxylic acids is 1. The number of hydrogen-bond acceptors (Lipinski definition) is 5. The molecule has 8 heteroatoms. The zero-order chi connectivity index (χ0) is 20.3. The number of fused-ring (bicyclic) bond motifs is 1. The molecule has 2 aromatic heterocycles. The van der Waals surface area contributed by atoms with Crippen LogP contribution in [-0.2, 0) is 10.5 Å². The summed E-state index contributed by atoms with van der Waals surface area (Å²) in [6.45, 7) is 5.89. The van der Waals surface area contributed by atoms with Gasteiger partial charge in [-0.3, -0.25) is 9.59 Å². The fraction of sp³-hybridized carbons (Fsp3) is 0.300. The zero-order valence-electron chi connectivity index (χ0n) is 16.0. The lowest BCUT2D eigenvalue weighted by Crippen LogP contribution is -2.13. The molecular formula is C20H22N4O3S. The average molecular weight is 398 g/mol. The van der Waals surface area contributed by atoms with E-state index in [-0.39, 0.29) is 17.7 Å². The maximum Gasteiger partial charge on any atom is 0.313 e. The van der Waals surface area contributed by atoms with Crippen molar-refractivity contribution >= 4 is 40.4 Å². The molecule has 2 N–H and O–H groups in total. The van der Waals surface area contributed by atoms with Gasteiger partial charge in [0.25, 0.3) is 5.91 Å². The van der Waals surface area contributed by atoms with Gasteiger partial charge in [0, 0.05) is 23.2 Å². The van der Waals surface area contributed by atoms with E-state index in [9.17, 15) is 9.59 Å². The number of amides is 1. The van der Waals surface area contributed by atoms with Gasteiger partial charge >= 0.3 is 5.97 Å². The summed E-state index contributed by atoms with van der Waals surface area (Å²) in [4.78, 5) is 28.1. The van der Waals surface area contributed by atoms with E-state index in [1.165, 1.54) is 11.8 Å². The first-order valence-electron chi connectivity index (χ1n) is 8.90. The third-order valence-corrected chi connectivity index (χ3v) is 5.10. The first-order valence-corrected chi connectivity index (χ1v) is 10.1. The number of carbonyl (C=O) groups is 2. The normalized spacial score (nSPS) is 11.1. The predicted molar refractivity (Wildman–Crippen MR) is 111 cm³/mol. The molecule has 7 nitrogen and oxygen atoms in total. The second-order valence-electron chi connectivity index (χ2n) is 6.77. The van der Waals surface area contributed by atoms with Crippen LogP contribution in [0.5, 0.6) is 0 Å². The number of thioether (sulfide) groups is 1. The molecule has 0 saturated carbocycles. The van der Waals surface area contributed by atoms with Crippen LogP contribution in [0.3, 0.4) is 0 Å². The molecule has 0 saturated heterocycles. The molecule has 0 aliphatic heterocycles. The van der Waals surface area contributed by atoms with Crippen LogP contribution >= 0.6 is 11.8 Å². The summed E-state index contributed by atoms with van der Waals surface area (Å²) >= 11 is 1.32. The van der Waals surface area contributed by atoms with Crippen molar-refractivity contribution < 1.29 is 14.7 Å². The number of rotatable bonds is 7. The van der Waals surface area contributed by atoms with E-state index in [1.807, 2.05) is 45.0 Å². The summed E-state index contributed by atoms with van der Waals surface area (Å²) in [6, 6.07) is 9.32. The van der Waals surface area contributed by atoms with E-state index in [4.69, 9.17) is 5.11 Å². The summed E-state index contributed by atoms with van der Waals surface area (Å²) in [7, 11) is 0. The van der Waals surface area contributed by atoms with Crippen LogP contribution in [0.15, 0.2) is 36.5 Å². The molecule has 0 unspecified atom stereocenters. The van der Waals surface area contributed by atoms with Gasteiger partial charge in [-0.15, -0.1) is 11.8 Å². The van der Waals surface area contributed by atoms with Crippen molar-refractivity contribution in [3.8, 4) is 0 Å². The van der Waals surface area contributed by atoms with Crippen molar-refractivity contribution in [1.29, 1.82) is 0 Å². The van der Waals surface area contributed by atoms with Gasteiger partial charge in [-0.1, -0.05) is 12.1 Å². The van der Waals surface area contributed by atoms with E-state index in [1.54, 1.807) is 16.9 Å². The van der Waals surface area contributed by atoms with E-state index >= 15 is 0 Å². The highest BCUT2D eigenvalue weighted by molar-refractivity contribution is 7.99. The van der Waals surface area contributed by atoms with Crippen LogP contribution in [-0.4, -0.2) is 37.5 Å². The zero-order valence-corrected chi connectivity index (χ0v) is 16.8. The molecule has 0 spiro atoms. The lowest BCUT2D eigenvalue weighted by Gasteiger charge is -2.10. The molecule has 0 radical (unpaired) electrons. The Morgan fingerprint density at radius 1 is 1.29 bits per heavy atom. The van der Waals surface area contributed by atoms with Crippen LogP contribution < -0.4 is 5.32 Å². The van der Waals surface area contributed by atoms with Crippen LogP contribution in [0.1, 0.15) is 41.5 Å². The Kier molecular flexibility index (Phi) is 5.99. The topological polar surface area (TPSA) is 97.1 Å². The maximum absolute atomic E-state index is 12.9. The molecule has 3 rings (SSSR count). The Balaban J connectivity index is 1.83. The minimum atomic E-state index is -0.839. The van der Waals surface area contributed by atoms with Gasteiger partial charge < -0.3 is 10.4 Å². The fourth-order valence-electron chi connectivity index (χ4n) is 2.90. The second-order valence-corrected chi connectivity index (χ2v) is 7.76. The van der Waals surface area contributed by atoms with Gasteiger partial charge in [-0.2, -0.15) is 5.10 Å². The summed E-state index contributed by atoms with van der Waals surface area (Å²) in [5, 5.41) is 16.8. The number of pyridine rings is 1. The Morgan fingerprint density at radius 2 is 2.07 bits per heavy atom. The smallest absolute Gasteiger partial charge is 0.313 e. The Morgan fingerprint density at radius 3 is 2.79 bits per heavy atom. The Bertz CT molecular complexity index is 1030.